The highest BCUT2D eigenvalue weighted by atomic mass is 32.2. The fourth-order valence-electron chi connectivity index (χ4n) is 3.77. The van der Waals surface area contributed by atoms with Gasteiger partial charge in [0.05, 0.1) is 6.04 Å². The summed E-state index contributed by atoms with van der Waals surface area (Å²) in [6, 6.07) is 8.39. The number of carbonyl (C=O) groups excluding carboxylic acids is 1. The summed E-state index contributed by atoms with van der Waals surface area (Å²) in [5.74, 6) is -0.0497. The van der Waals surface area contributed by atoms with Gasteiger partial charge >= 0.3 is 0 Å². The lowest BCUT2D eigenvalue weighted by atomic mass is 9.87. The molecule has 1 aliphatic carbocycles. The van der Waals surface area contributed by atoms with Gasteiger partial charge < -0.3 is 5.32 Å². The van der Waals surface area contributed by atoms with Crippen LogP contribution in [0.3, 0.4) is 0 Å². The summed E-state index contributed by atoms with van der Waals surface area (Å²) in [6.45, 7) is 0.805. The molecule has 1 atom stereocenters. The first-order valence-corrected chi connectivity index (χ1v) is 10.3. The molecule has 25 heavy (non-hydrogen) atoms. The van der Waals surface area contributed by atoms with Crippen LogP contribution >= 0.6 is 0 Å². The van der Waals surface area contributed by atoms with E-state index in [1.54, 1.807) is 0 Å². The second-order valence-electron chi connectivity index (χ2n) is 7.12. The average Bonchev–Trinajstić information content (AvgIpc) is 2.62. The van der Waals surface area contributed by atoms with Crippen LogP contribution in [0.5, 0.6) is 0 Å². The van der Waals surface area contributed by atoms with Crippen LogP contribution in [-0.4, -0.2) is 50.1 Å². The maximum absolute atomic E-state index is 12.7. The lowest BCUT2D eigenvalue weighted by molar-refractivity contribution is -0.127. The largest absolute Gasteiger partial charge is 0.349 e. The minimum absolute atomic E-state index is 0.0589. The Bertz CT molecular complexity index is 725. The fraction of sp³-hybridized carbons (Fsp3) is 0.611. The maximum atomic E-state index is 12.7. The summed E-state index contributed by atoms with van der Waals surface area (Å²) in [7, 11) is -0.309. The predicted molar refractivity (Wildman–Crippen MR) is 97.2 cm³/mol. The van der Waals surface area contributed by atoms with Crippen molar-refractivity contribution in [3.63, 3.8) is 0 Å². The zero-order valence-electron chi connectivity index (χ0n) is 14.9. The highest BCUT2D eigenvalue weighted by Gasteiger charge is 2.33. The summed E-state index contributed by atoms with van der Waals surface area (Å²) < 4.78 is 27.0. The smallest absolute Gasteiger partial charge is 0.281 e. The first kappa shape index (κ1) is 18.4. The molecule has 6 nitrogen and oxygen atoms in total. The zero-order valence-corrected chi connectivity index (χ0v) is 15.8. The molecule has 0 aromatic heterocycles. The summed E-state index contributed by atoms with van der Waals surface area (Å²) >= 11 is 0. The molecule has 1 N–H and O–H groups in total. The van der Waals surface area contributed by atoms with Crippen LogP contribution in [-0.2, 0) is 21.4 Å². The molecule has 0 unspecified atom stereocenters. The molecule has 0 saturated carbocycles. The van der Waals surface area contributed by atoms with Gasteiger partial charge in [-0.15, -0.1) is 0 Å². The minimum Gasteiger partial charge on any atom is -0.349 e. The van der Waals surface area contributed by atoms with Crippen molar-refractivity contribution in [3.8, 4) is 0 Å². The normalized spacial score (nSPS) is 22.6. The zero-order chi connectivity index (χ0) is 18.0. The van der Waals surface area contributed by atoms with Crippen molar-refractivity contribution >= 4 is 16.1 Å². The number of piperidine rings is 1. The van der Waals surface area contributed by atoms with Crippen molar-refractivity contribution < 1.29 is 13.2 Å². The number of aryl methyl sites for hydroxylation is 1. The average molecular weight is 365 g/mol. The first-order chi connectivity index (χ1) is 11.9. The van der Waals surface area contributed by atoms with E-state index in [-0.39, 0.29) is 17.9 Å². The molecule has 1 aliphatic heterocycles. The van der Waals surface area contributed by atoms with E-state index in [1.165, 1.54) is 33.8 Å². The third-order valence-electron chi connectivity index (χ3n) is 5.30. The van der Waals surface area contributed by atoms with E-state index in [1.807, 2.05) is 12.1 Å². The van der Waals surface area contributed by atoms with E-state index in [4.69, 9.17) is 0 Å². The van der Waals surface area contributed by atoms with Gasteiger partial charge in [-0.05, 0) is 43.2 Å². The Hall–Kier alpha value is -1.44. The third kappa shape index (κ3) is 3.88. The topological polar surface area (TPSA) is 69.7 Å². The monoisotopic (exact) mass is 365 g/mol. The van der Waals surface area contributed by atoms with Crippen molar-refractivity contribution in [3.05, 3.63) is 35.4 Å². The maximum Gasteiger partial charge on any atom is 0.281 e. The molecule has 1 fully saturated rings. The lowest BCUT2D eigenvalue weighted by Crippen LogP contribution is -2.47. The summed E-state index contributed by atoms with van der Waals surface area (Å²) in [6.07, 6.45) is 4.28. The van der Waals surface area contributed by atoms with E-state index >= 15 is 0 Å². The predicted octanol–water partition coefficient (Wildman–Crippen LogP) is 1.70. The van der Waals surface area contributed by atoms with Crippen LogP contribution in [0.1, 0.15) is 42.9 Å². The van der Waals surface area contributed by atoms with Gasteiger partial charge in [-0.1, -0.05) is 24.3 Å². The molecule has 0 bridgehead atoms. The summed E-state index contributed by atoms with van der Waals surface area (Å²) in [5, 5.41) is 3.20. The van der Waals surface area contributed by atoms with Crippen LogP contribution < -0.4 is 5.32 Å². The number of benzene rings is 1. The molecule has 0 radical (unpaired) electrons. The molecule has 3 rings (SSSR count). The Morgan fingerprint density at radius 3 is 2.52 bits per heavy atom. The van der Waals surface area contributed by atoms with Gasteiger partial charge in [0.15, 0.2) is 0 Å². The van der Waals surface area contributed by atoms with E-state index in [9.17, 15) is 13.2 Å². The number of carbonyl (C=O) groups is 1. The molecule has 0 spiro atoms. The molecule has 1 aromatic carbocycles. The Morgan fingerprint density at radius 2 is 1.84 bits per heavy atom. The fourth-order valence-corrected chi connectivity index (χ4v) is 4.91. The van der Waals surface area contributed by atoms with Crippen LogP contribution in [0.4, 0.5) is 0 Å². The molecule has 7 heteroatoms. The highest BCUT2D eigenvalue weighted by Crippen LogP contribution is 2.30. The molecular weight excluding hydrogens is 338 g/mol. The molecule has 1 amide bonds. The van der Waals surface area contributed by atoms with E-state index in [2.05, 4.69) is 17.4 Å². The molecule has 1 saturated heterocycles. The second-order valence-corrected chi connectivity index (χ2v) is 9.26. The Kier molecular flexibility index (Phi) is 5.46. The van der Waals surface area contributed by atoms with Gasteiger partial charge in [-0.3, -0.25) is 4.79 Å². The number of amides is 1. The van der Waals surface area contributed by atoms with Gasteiger partial charge in [0.25, 0.3) is 10.2 Å². The molecule has 138 valence electrons. The number of fused-ring (bicyclic) bond motifs is 1. The Labute approximate surface area is 150 Å². The number of nitrogens with one attached hydrogen (secondary N) is 1. The number of hydrogen-bond donors (Lipinski definition) is 1. The number of hydrogen-bond acceptors (Lipinski definition) is 3. The summed E-state index contributed by atoms with van der Waals surface area (Å²) in [5.41, 5.74) is 2.56. The standard InChI is InChI=1S/C18H27N3O3S/c1-20(2)25(23,24)21-12-10-15(11-13-21)18(22)19-17-9-5-7-14-6-3-4-8-16(14)17/h3-4,6,8,15,17H,5,7,9-13H2,1-2H3,(H,19,22)/t17-/m0/s1. The summed E-state index contributed by atoms with van der Waals surface area (Å²) in [4.78, 5) is 12.7. The second kappa shape index (κ2) is 7.43. The van der Waals surface area contributed by atoms with Gasteiger partial charge in [-0.25, -0.2) is 0 Å². The number of rotatable bonds is 4. The lowest BCUT2D eigenvalue weighted by Gasteiger charge is -2.33. The van der Waals surface area contributed by atoms with Crippen molar-refractivity contribution in [2.45, 2.75) is 38.1 Å². The Balaban J connectivity index is 1.59. The van der Waals surface area contributed by atoms with Crippen molar-refractivity contribution in [2.24, 2.45) is 5.92 Å². The van der Waals surface area contributed by atoms with E-state index < -0.39 is 10.2 Å². The molecule has 1 aromatic rings. The number of nitrogens with zero attached hydrogens (tertiary/aromatic N) is 2. The van der Waals surface area contributed by atoms with Gasteiger partial charge in [0.2, 0.25) is 5.91 Å². The van der Waals surface area contributed by atoms with Crippen LogP contribution in [0.25, 0.3) is 0 Å². The molecular formula is C18H27N3O3S. The first-order valence-electron chi connectivity index (χ1n) is 8.95. The van der Waals surface area contributed by atoms with Crippen molar-refractivity contribution in [2.75, 3.05) is 27.2 Å². The Morgan fingerprint density at radius 1 is 1.16 bits per heavy atom. The quantitative estimate of drug-likeness (QED) is 0.883. The van der Waals surface area contributed by atoms with Crippen LogP contribution in [0.15, 0.2) is 24.3 Å². The third-order valence-corrected chi connectivity index (χ3v) is 7.24. The van der Waals surface area contributed by atoms with Gasteiger partial charge in [0.1, 0.15) is 0 Å². The van der Waals surface area contributed by atoms with Gasteiger partial charge in [-0.2, -0.15) is 17.0 Å². The van der Waals surface area contributed by atoms with Crippen molar-refractivity contribution in [1.29, 1.82) is 0 Å². The molecule has 1 heterocycles. The van der Waals surface area contributed by atoms with E-state index in [0.717, 1.165) is 19.3 Å². The molecule has 2 aliphatic rings. The highest BCUT2D eigenvalue weighted by molar-refractivity contribution is 7.86. The van der Waals surface area contributed by atoms with Crippen molar-refractivity contribution in [1.82, 2.24) is 13.9 Å². The SMILES string of the molecule is CN(C)S(=O)(=O)N1CCC(C(=O)N[C@H]2CCCc3ccccc32)CC1. The van der Waals surface area contributed by atoms with E-state index in [0.29, 0.717) is 25.9 Å². The van der Waals surface area contributed by atoms with Crippen LogP contribution in [0.2, 0.25) is 0 Å². The van der Waals surface area contributed by atoms with Crippen LogP contribution in [0, 0.1) is 5.92 Å². The van der Waals surface area contributed by atoms with Gasteiger partial charge in [0, 0.05) is 33.1 Å². The minimum atomic E-state index is -3.38.